The molecule has 8 nitrogen and oxygen atoms in total. The Bertz CT molecular complexity index is 855. The van der Waals surface area contributed by atoms with Gasteiger partial charge in [0.1, 0.15) is 11.1 Å². The number of amides is 3. The quantitative estimate of drug-likeness (QED) is 0.638. The Kier molecular flexibility index (Phi) is 4.98. The Hall–Kier alpha value is -3.16. The van der Waals surface area contributed by atoms with E-state index in [1.54, 1.807) is 38.1 Å². The van der Waals surface area contributed by atoms with Crippen molar-refractivity contribution in [2.24, 2.45) is 11.7 Å². The molecular formula is C16H16N2O6. The molecule has 2 aromatic rings. The SMILES string of the molecule is CC(C)[C@H](OC(=O)c1cc2ccccc2oc1=O)C(=O)NC(N)=O. The maximum absolute atomic E-state index is 12.2. The van der Waals surface area contributed by atoms with Crippen LogP contribution in [-0.4, -0.2) is 24.0 Å². The van der Waals surface area contributed by atoms with Gasteiger partial charge >= 0.3 is 17.6 Å². The molecule has 1 atom stereocenters. The summed E-state index contributed by atoms with van der Waals surface area (Å²) < 4.78 is 10.1. The lowest BCUT2D eigenvalue weighted by Crippen LogP contribution is -2.45. The monoisotopic (exact) mass is 332 g/mol. The molecule has 1 aromatic carbocycles. The van der Waals surface area contributed by atoms with Crippen molar-refractivity contribution in [3.05, 3.63) is 46.3 Å². The van der Waals surface area contributed by atoms with Crippen molar-refractivity contribution in [1.29, 1.82) is 0 Å². The molecular weight excluding hydrogens is 316 g/mol. The predicted octanol–water partition coefficient (Wildman–Crippen LogP) is 1.17. The molecule has 24 heavy (non-hydrogen) atoms. The average molecular weight is 332 g/mol. The molecule has 0 spiro atoms. The van der Waals surface area contributed by atoms with Crippen LogP contribution in [0.5, 0.6) is 0 Å². The highest BCUT2D eigenvalue weighted by molar-refractivity contribution is 5.99. The van der Waals surface area contributed by atoms with Crippen LogP contribution in [0.4, 0.5) is 4.79 Å². The Balaban J connectivity index is 2.30. The second-order valence-electron chi connectivity index (χ2n) is 5.41. The van der Waals surface area contributed by atoms with Gasteiger partial charge in [0.25, 0.3) is 5.91 Å². The number of primary amides is 1. The van der Waals surface area contributed by atoms with E-state index in [2.05, 4.69) is 0 Å². The molecule has 8 heteroatoms. The lowest BCUT2D eigenvalue weighted by molar-refractivity contribution is -0.130. The summed E-state index contributed by atoms with van der Waals surface area (Å²) in [7, 11) is 0. The summed E-state index contributed by atoms with van der Waals surface area (Å²) in [6, 6.07) is 6.91. The number of hydrogen-bond donors (Lipinski definition) is 2. The van der Waals surface area contributed by atoms with Crippen LogP contribution in [-0.2, 0) is 9.53 Å². The number of hydrogen-bond acceptors (Lipinski definition) is 6. The van der Waals surface area contributed by atoms with Gasteiger partial charge in [0.15, 0.2) is 6.10 Å². The van der Waals surface area contributed by atoms with Gasteiger partial charge in [-0.15, -0.1) is 0 Å². The molecule has 0 saturated carbocycles. The minimum Gasteiger partial charge on any atom is -0.448 e. The number of ether oxygens (including phenoxy) is 1. The van der Waals surface area contributed by atoms with E-state index in [-0.39, 0.29) is 5.56 Å². The van der Waals surface area contributed by atoms with Crippen molar-refractivity contribution in [3.8, 4) is 0 Å². The van der Waals surface area contributed by atoms with Gasteiger partial charge < -0.3 is 14.9 Å². The van der Waals surface area contributed by atoms with Crippen LogP contribution in [0, 0.1) is 5.92 Å². The van der Waals surface area contributed by atoms with Gasteiger partial charge in [0.05, 0.1) is 0 Å². The summed E-state index contributed by atoms with van der Waals surface area (Å²) >= 11 is 0. The molecule has 0 aliphatic rings. The third-order valence-electron chi connectivity index (χ3n) is 3.21. The number of rotatable bonds is 4. The number of urea groups is 1. The largest absolute Gasteiger partial charge is 0.448 e. The van der Waals surface area contributed by atoms with Gasteiger partial charge in [-0.25, -0.2) is 14.4 Å². The number of carbonyl (C=O) groups excluding carboxylic acids is 3. The molecule has 0 unspecified atom stereocenters. The van der Waals surface area contributed by atoms with E-state index in [1.165, 1.54) is 6.07 Å². The maximum Gasteiger partial charge on any atom is 0.351 e. The average Bonchev–Trinajstić information content (AvgIpc) is 2.50. The van der Waals surface area contributed by atoms with Crippen LogP contribution in [0.2, 0.25) is 0 Å². The minimum atomic E-state index is -1.28. The lowest BCUT2D eigenvalue weighted by Gasteiger charge is -2.19. The van der Waals surface area contributed by atoms with Crippen LogP contribution in [0.15, 0.2) is 39.5 Å². The number of para-hydroxylation sites is 1. The smallest absolute Gasteiger partial charge is 0.351 e. The first-order valence-corrected chi connectivity index (χ1v) is 7.13. The van der Waals surface area contributed by atoms with E-state index in [0.29, 0.717) is 11.0 Å². The van der Waals surface area contributed by atoms with E-state index in [4.69, 9.17) is 14.9 Å². The van der Waals surface area contributed by atoms with E-state index in [0.717, 1.165) is 0 Å². The van der Waals surface area contributed by atoms with E-state index in [1.807, 2.05) is 5.32 Å². The molecule has 0 bridgehead atoms. The number of nitrogens with two attached hydrogens (primary N) is 1. The molecule has 0 fully saturated rings. The van der Waals surface area contributed by atoms with Crippen LogP contribution >= 0.6 is 0 Å². The van der Waals surface area contributed by atoms with Crippen LogP contribution in [0.25, 0.3) is 11.0 Å². The van der Waals surface area contributed by atoms with Gasteiger partial charge in [0.2, 0.25) is 0 Å². The second-order valence-corrected chi connectivity index (χ2v) is 5.41. The number of nitrogens with one attached hydrogen (secondary N) is 1. The molecule has 126 valence electrons. The first kappa shape index (κ1) is 17.2. The van der Waals surface area contributed by atoms with E-state index in [9.17, 15) is 19.2 Å². The molecule has 0 saturated heterocycles. The fourth-order valence-electron chi connectivity index (χ4n) is 2.07. The molecule has 0 aliphatic heterocycles. The van der Waals surface area contributed by atoms with Crippen molar-refractivity contribution >= 4 is 28.9 Å². The Labute approximate surface area is 136 Å². The molecule has 0 radical (unpaired) electrons. The van der Waals surface area contributed by atoms with Gasteiger partial charge in [-0.3, -0.25) is 10.1 Å². The highest BCUT2D eigenvalue weighted by atomic mass is 16.5. The van der Waals surface area contributed by atoms with Gasteiger partial charge in [-0.05, 0) is 18.1 Å². The Morgan fingerprint density at radius 3 is 2.50 bits per heavy atom. The fraction of sp³-hybridized carbons (Fsp3) is 0.250. The Morgan fingerprint density at radius 1 is 1.21 bits per heavy atom. The van der Waals surface area contributed by atoms with Crippen LogP contribution in [0.3, 0.4) is 0 Å². The third kappa shape index (κ3) is 3.78. The second kappa shape index (κ2) is 6.95. The van der Waals surface area contributed by atoms with E-state index < -0.39 is 35.6 Å². The lowest BCUT2D eigenvalue weighted by atomic mass is 10.1. The first-order valence-electron chi connectivity index (χ1n) is 7.13. The van der Waals surface area contributed by atoms with Crippen molar-refractivity contribution < 1.29 is 23.5 Å². The number of carbonyl (C=O) groups is 3. The summed E-state index contributed by atoms with van der Waals surface area (Å²) in [6.07, 6.45) is -1.28. The number of imide groups is 1. The standard InChI is InChI=1S/C16H16N2O6/c1-8(2)12(13(19)18-16(17)22)24-15(21)10-7-9-5-3-4-6-11(9)23-14(10)20/h3-8,12H,1-2H3,(H3,17,18,19,22)/t12-/m0/s1. The van der Waals surface area contributed by atoms with Crippen molar-refractivity contribution in [2.45, 2.75) is 20.0 Å². The van der Waals surface area contributed by atoms with Gasteiger partial charge in [0, 0.05) is 5.39 Å². The number of fused-ring (bicyclic) bond motifs is 1. The summed E-state index contributed by atoms with van der Waals surface area (Å²) in [4.78, 5) is 46.8. The van der Waals surface area contributed by atoms with Crippen molar-refractivity contribution in [3.63, 3.8) is 0 Å². The molecule has 2 rings (SSSR count). The topological polar surface area (TPSA) is 129 Å². The van der Waals surface area contributed by atoms with Gasteiger partial charge in [-0.2, -0.15) is 0 Å². The zero-order valence-corrected chi connectivity index (χ0v) is 13.1. The molecule has 3 N–H and O–H groups in total. The summed E-state index contributed by atoms with van der Waals surface area (Å²) in [5.74, 6) is -2.33. The maximum atomic E-state index is 12.2. The normalized spacial score (nSPS) is 12.0. The highest BCUT2D eigenvalue weighted by Crippen LogP contribution is 2.15. The molecule has 3 amide bonds. The minimum absolute atomic E-state index is 0.325. The van der Waals surface area contributed by atoms with Crippen LogP contribution < -0.4 is 16.7 Å². The molecule has 1 aromatic heterocycles. The highest BCUT2D eigenvalue weighted by Gasteiger charge is 2.29. The first-order chi connectivity index (χ1) is 11.3. The molecule has 1 heterocycles. The Morgan fingerprint density at radius 2 is 1.88 bits per heavy atom. The zero-order chi connectivity index (χ0) is 17.9. The summed E-state index contributed by atoms with van der Waals surface area (Å²) in [5.41, 5.74) is 3.99. The molecule has 0 aliphatic carbocycles. The van der Waals surface area contributed by atoms with Crippen LogP contribution in [0.1, 0.15) is 24.2 Å². The number of benzene rings is 1. The predicted molar refractivity (Wildman–Crippen MR) is 84.3 cm³/mol. The third-order valence-corrected chi connectivity index (χ3v) is 3.21. The van der Waals surface area contributed by atoms with Crippen molar-refractivity contribution in [2.75, 3.05) is 0 Å². The number of esters is 1. The summed E-state index contributed by atoms with van der Waals surface area (Å²) in [5, 5.41) is 2.38. The van der Waals surface area contributed by atoms with Gasteiger partial charge in [-0.1, -0.05) is 32.0 Å². The zero-order valence-electron chi connectivity index (χ0n) is 13.1. The van der Waals surface area contributed by atoms with E-state index >= 15 is 0 Å². The fourth-order valence-corrected chi connectivity index (χ4v) is 2.07. The van der Waals surface area contributed by atoms with Crippen molar-refractivity contribution in [1.82, 2.24) is 5.32 Å². The summed E-state index contributed by atoms with van der Waals surface area (Å²) in [6.45, 7) is 3.22.